The van der Waals surface area contributed by atoms with Crippen LogP contribution < -0.4 is 10.5 Å². The Balaban J connectivity index is 1.70. The highest BCUT2D eigenvalue weighted by molar-refractivity contribution is 5.26. The molecule has 0 radical (unpaired) electrons. The van der Waals surface area contributed by atoms with Crippen LogP contribution in [0.2, 0.25) is 0 Å². The van der Waals surface area contributed by atoms with Gasteiger partial charge >= 0.3 is 0 Å². The van der Waals surface area contributed by atoms with E-state index in [1.165, 1.54) is 19.3 Å². The fourth-order valence-electron chi connectivity index (χ4n) is 3.13. The van der Waals surface area contributed by atoms with E-state index in [2.05, 4.69) is 18.7 Å². The fraction of sp³-hybridized carbons (Fsp3) is 0.647. The van der Waals surface area contributed by atoms with Crippen LogP contribution in [0.3, 0.4) is 0 Å². The molecule has 1 aromatic carbocycles. The average Bonchev–Trinajstić information content (AvgIpc) is 2.84. The largest absolute Gasteiger partial charge is 0.494 e. The van der Waals surface area contributed by atoms with Crippen molar-refractivity contribution < 1.29 is 4.74 Å². The number of rotatable bonds is 7. The van der Waals surface area contributed by atoms with Crippen LogP contribution in [0.5, 0.6) is 5.75 Å². The van der Waals surface area contributed by atoms with Gasteiger partial charge in [-0.1, -0.05) is 19.1 Å². The maximum Gasteiger partial charge on any atom is 0.119 e. The van der Waals surface area contributed by atoms with Crippen LogP contribution in [-0.2, 0) is 6.54 Å². The molecule has 3 heteroatoms. The van der Waals surface area contributed by atoms with Gasteiger partial charge in [-0.2, -0.15) is 0 Å². The zero-order chi connectivity index (χ0) is 14.4. The standard InChI is InChI=1S/C17H28N2O/c1-3-16-8-5-14(2)19(16)11-4-12-20-17-9-6-15(13-18)7-10-17/h6-7,9-10,14,16H,3-5,8,11-13,18H2,1-2H3. The maximum absolute atomic E-state index is 5.80. The van der Waals surface area contributed by atoms with E-state index in [4.69, 9.17) is 10.5 Å². The molecule has 1 saturated heterocycles. The number of hydrogen-bond acceptors (Lipinski definition) is 3. The summed E-state index contributed by atoms with van der Waals surface area (Å²) >= 11 is 0. The zero-order valence-corrected chi connectivity index (χ0v) is 12.8. The highest BCUT2D eigenvalue weighted by Gasteiger charge is 2.28. The Kier molecular flexibility index (Phi) is 5.86. The lowest BCUT2D eigenvalue weighted by atomic mass is 10.1. The molecule has 1 fully saturated rings. The van der Waals surface area contributed by atoms with Crippen molar-refractivity contribution >= 4 is 0 Å². The normalized spacial score (nSPS) is 23.1. The molecular weight excluding hydrogens is 248 g/mol. The van der Waals surface area contributed by atoms with Gasteiger partial charge in [0.15, 0.2) is 0 Å². The monoisotopic (exact) mass is 276 g/mol. The van der Waals surface area contributed by atoms with Crippen LogP contribution in [0.4, 0.5) is 0 Å². The molecule has 0 saturated carbocycles. The van der Waals surface area contributed by atoms with E-state index in [-0.39, 0.29) is 0 Å². The molecule has 0 aliphatic carbocycles. The van der Waals surface area contributed by atoms with E-state index in [0.717, 1.165) is 43.0 Å². The predicted molar refractivity (Wildman–Crippen MR) is 83.9 cm³/mol. The van der Waals surface area contributed by atoms with Crippen molar-refractivity contribution in [1.29, 1.82) is 0 Å². The van der Waals surface area contributed by atoms with Gasteiger partial charge in [-0.15, -0.1) is 0 Å². The van der Waals surface area contributed by atoms with Crippen LogP contribution in [-0.4, -0.2) is 30.1 Å². The van der Waals surface area contributed by atoms with E-state index >= 15 is 0 Å². The molecule has 0 amide bonds. The summed E-state index contributed by atoms with van der Waals surface area (Å²) in [6.07, 6.45) is 5.07. The SMILES string of the molecule is CCC1CCC(C)N1CCCOc1ccc(CN)cc1. The summed E-state index contributed by atoms with van der Waals surface area (Å²) in [6, 6.07) is 9.61. The van der Waals surface area contributed by atoms with Crippen molar-refractivity contribution in [2.75, 3.05) is 13.2 Å². The van der Waals surface area contributed by atoms with E-state index < -0.39 is 0 Å². The van der Waals surface area contributed by atoms with Gasteiger partial charge in [0.25, 0.3) is 0 Å². The van der Waals surface area contributed by atoms with Gasteiger partial charge in [-0.3, -0.25) is 4.90 Å². The molecular formula is C17H28N2O. The minimum atomic E-state index is 0.589. The number of nitrogens with zero attached hydrogens (tertiary/aromatic N) is 1. The second-order valence-corrected chi connectivity index (χ2v) is 5.78. The zero-order valence-electron chi connectivity index (χ0n) is 12.8. The third-order valence-corrected chi connectivity index (χ3v) is 4.41. The molecule has 2 N–H and O–H groups in total. The lowest BCUT2D eigenvalue weighted by molar-refractivity contribution is 0.179. The molecule has 3 nitrogen and oxygen atoms in total. The molecule has 20 heavy (non-hydrogen) atoms. The first kappa shape index (κ1) is 15.3. The quantitative estimate of drug-likeness (QED) is 0.777. The third-order valence-electron chi connectivity index (χ3n) is 4.41. The molecule has 1 aliphatic heterocycles. The number of ether oxygens (including phenoxy) is 1. The number of benzene rings is 1. The van der Waals surface area contributed by atoms with E-state index in [1.807, 2.05) is 24.3 Å². The van der Waals surface area contributed by atoms with Crippen molar-refractivity contribution in [3.8, 4) is 5.75 Å². The third kappa shape index (κ3) is 3.97. The molecule has 1 aromatic rings. The molecule has 0 spiro atoms. The molecule has 1 heterocycles. The van der Waals surface area contributed by atoms with Crippen LogP contribution >= 0.6 is 0 Å². The van der Waals surface area contributed by atoms with Crippen LogP contribution in [0.25, 0.3) is 0 Å². The lowest BCUT2D eigenvalue weighted by Crippen LogP contribution is -2.35. The van der Waals surface area contributed by atoms with Gasteiger partial charge < -0.3 is 10.5 Å². The average molecular weight is 276 g/mol. The predicted octanol–water partition coefficient (Wildman–Crippen LogP) is 3.18. The van der Waals surface area contributed by atoms with E-state index in [0.29, 0.717) is 6.54 Å². The Morgan fingerprint density at radius 2 is 2.00 bits per heavy atom. The summed E-state index contributed by atoms with van der Waals surface area (Å²) in [4.78, 5) is 2.65. The molecule has 2 rings (SSSR count). The lowest BCUT2D eigenvalue weighted by Gasteiger charge is -2.27. The highest BCUT2D eigenvalue weighted by atomic mass is 16.5. The van der Waals surface area contributed by atoms with Gasteiger partial charge in [0, 0.05) is 25.2 Å². The van der Waals surface area contributed by atoms with Gasteiger partial charge in [0.05, 0.1) is 6.61 Å². The van der Waals surface area contributed by atoms with Gasteiger partial charge in [0.1, 0.15) is 5.75 Å². The van der Waals surface area contributed by atoms with Crippen molar-refractivity contribution in [3.05, 3.63) is 29.8 Å². The topological polar surface area (TPSA) is 38.5 Å². The maximum atomic E-state index is 5.80. The summed E-state index contributed by atoms with van der Waals surface area (Å²) in [5.74, 6) is 0.948. The smallest absolute Gasteiger partial charge is 0.119 e. The Morgan fingerprint density at radius 1 is 1.25 bits per heavy atom. The fourth-order valence-corrected chi connectivity index (χ4v) is 3.13. The molecule has 0 aromatic heterocycles. The highest BCUT2D eigenvalue weighted by Crippen LogP contribution is 2.25. The van der Waals surface area contributed by atoms with Crippen molar-refractivity contribution in [2.24, 2.45) is 5.73 Å². The first-order valence-electron chi connectivity index (χ1n) is 7.92. The Hall–Kier alpha value is -1.06. The van der Waals surface area contributed by atoms with Crippen molar-refractivity contribution in [3.63, 3.8) is 0 Å². The summed E-state index contributed by atoms with van der Waals surface area (Å²) in [5.41, 5.74) is 6.73. The second-order valence-electron chi connectivity index (χ2n) is 5.78. The van der Waals surface area contributed by atoms with Gasteiger partial charge in [-0.25, -0.2) is 0 Å². The Labute approximate surface area is 123 Å². The van der Waals surface area contributed by atoms with E-state index in [1.54, 1.807) is 0 Å². The molecule has 2 unspecified atom stereocenters. The van der Waals surface area contributed by atoms with Crippen LogP contribution in [0, 0.1) is 0 Å². The summed E-state index contributed by atoms with van der Waals surface area (Å²) in [6.45, 7) is 7.18. The Morgan fingerprint density at radius 3 is 2.65 bits per heavy atom. The molecule has 2 atom stereocenters. The molecule has 1 aliphatic rings. The molecule has 112 valence electrons. The Bertz CT molecular complexity index is 390. The second kappa shape index (κ2) is 7.65. The minimum Gasteiger partial charge on any atom is -0.494 e. The van der Waals surface area contributed by atoms with Gasteiger partial charge in [0.2, 0.25) is 0 Å². The van der Waals surface area contributed by atoms with E-state index in [9.17, 15) is 0 Å². The van der Waals surface area contributed by atoms with Crippen LogP contribution in [0.1, 0.15) is 45.1 Å². The summed E-state index contributed by atoms with van der Waals surface area (Å²) in [5, 5.41) is 0. The minimum absolute atomic E-state index is 0.589. The van der Waals surface area contributed by atoms with Crippen LogP contribution in [0.15, 0.2) is 24.3 Å². The van der Waals surface area contributed by atoms with Crippen molar-refractivity contribution in [2.45, 2.75) is 58.2 Å². The number of hydrogen-bond donors (Lipinski definition) is 1. The molecule has 0 bridgehead atoms. The van der Waals surface area contributed by atoms with Crippen molar-refractivity contribution in [1.82, 2.24) is 4.90 Å². The number of nitrogens with two attached hydrogens (primary N) is 1. The number of likely N-dealkylation sites (tertiary alicyclic amines) is 1. The van der Waals surface area contributed by atoms with Gasteiger partial charge in [-0.05, 0) is 50.3 Å². The first-order chi connectivity index (χ1) is 9.74. The summed E-state index contributed by atoms with van der Waals surface area (Å²) in [7, 11) is 0. The first-order valence-corrected chi connectivity index (χ1v) is 7.92. The summed E-state index contributed by atoms with van der Waals surface area (Å²) < 4.78 is 5.80.